The highest BCUT2D eigenvalue weighted by Crippen LogP contribution is 2.36. The average Bonchev–Trinajstić information content (AvgIpc) is 3.61. The number of anilines is 1. The number of hydrogen-bond donors (Lipinski definition) is 2. The third-order valence-electron chi connectivity index (χ3n) is 6.48. The highest BCUT2D eigenvalue weighted by Gasteiger charge is 2.25. The van der Waals surface area contributed by atoms with Gasteiger partial charge in [-0.2, -0.15) is 0 Å². The first-order valence-electron chi connectivity index (χ1n) is 12.5. The van der Waals surface area contributed by atoms with E-state index < -0.39 is 0 Å². The summed E-state index contributed by atoms with van der Waals surface area (Å²) >= 11 is 6.55. The largest absolute Gasteiger partial charge is 0.456 e. The number of nitrogens with one attached hydrogen (secondary N) is 2. The number of para-hydroxylation sites is 1. The molecule has 2 unspecified atom stereocenters. The predicted molar refractivity (Wildman–Crippen MR) is 150 cm³/mol. The van der Waals surface area contributed by atoms with Crippen molar-refractivity contribution in [3.05, 3.63) is 119 Å². The van der Waals surface area contributed by atoms with Gasteiger partial charge in [0.05, 0.1) is 0 Å². The Morgan fingerprint density at radius 2 is 1.68 bits per heavy atom. The van der Waals surface area contributed by atoms with Gasteiger partial charge in [0.2, 0.25) is 6.79 Å². The van der Waals surface area contributed by atoms with Crippen LogP contribution in [0.25, 0.3) is 6.08 Å². The summed E-state index contributed by atoms with van der Waals surface area (Å²) in [6.07, 6.45) is 2.54. The van der Waals surface area contributed by atoms with Crippen LogP contribution in [0.1, 0.15) is 40.3 Å². The van der Waals surface area contributed by atoms with Crippen molar-refractivity contribution in [1.29, 1.82) is 0 Å². The number of ether oxygens (including phenoxy) is 2. The number of benzene rings is 3. The molecule has 0 saturated carbocycles. The predicted octanol–water partition coefficient (Wildman–Crippen LogP) is 6.84. The molecule has 0 aliphatic carbocycles. The first kappa shape index (κ1) is 25.6. The molecule has 0 saturated heterocycles. The highest BCUT2D eigenvalue weighted by atomic mass is 35.5. The minimum atomic E-state index is -0.286. The lowest BCUT2D eigenvalue weighted by Gasteiger charge is -2.25. The van der Waals surface area contributed by atoms with Gasteiger partial charge >= 0.3 is 0 Å². The van der Waals surface area contributed by atoms with E-state index in [1.54, 1.807) is 6.07 Å². The number of amides is 1. The molecule has 2 heterocycles. The van der Waals surface area contributed by atoms with Crippen molar-refractivity contribution in [1.82, 2.24) is 5.32 Å². The minimum Gasteiger partial charge on any atom is -0.456 e. The van der Waals surface area contributed by atoms with Crippen LogP contribution in [0, 0.1) is 0 Å². The summed E-state index contributed by atoms with van der Waals surface area (Å²) in [5.41, 5.74) is 2.84. The van der Waals surface area contributed by atoms with E-state index in [0.717, 1.165) is 22.6 Å². The Bertz CT molecular complexity index is 1400. The Morgan fingerprint density at radius 3 is 2.47 bits per heavy atom. The average molecular weight is 529 g/mol. The number of fused-ring (bicyclic) bond motifs is 1. The number of rotatable bonds is 10. The number of carbonyl (C=O) groups is 1. The lowest BCUT2D eigenvalue weighted by molar-refractivity contribution is 0.0994. The van der Waals surface area contributed by atoms with E-state index >= 15 is 0 Å². The smallest absolute Gasteiger partial charge is 0.291 e. The van der Waals surface area contributed by atoms with E-state index in [1.165, 1.54) is 0 Å². The quantitative estimate of drug-likeness (QED) is 0.235. The highest BCUT2D eigenvalue weighted by molar-refractivity contribution is 6.31. The molecule has 1 aromatic heterocycles. The Kier molecular flexibility index (Phi) is 8.12. The van der Waals surface area contributed by atoms with Crippen LogP contribution >= 0.6 is 11.6 Å². The van der Waals surface area contributed by atoms with Gasteiger partial charge < -0.3 is 24.5 Å². The molecule has 5 rings (SSSR count). The molecular formula is C31H29ClN2O4. The molecule has 0 spiro atoms. The Balaban J connectivity index is 1.31. The van der Waals surface area contributed by atoms with Crippen LogP contribution in [0.15, 0.2) is 100 Å². The molecule has 7 heteroatoms. The van der Waals surface area contributed by atoms with Crippen LogP contribution in [-0.4, -0.2) is 25.3 Å². The molecule has 0 fully saturated rings. The van der Waals surface area contributed by atoms with Crippen molar-refractivity contribution in [2.75, 3.05) is 18.7 Å². The van der Waals surface area contributed by atoms with Crippen molar-refractivity contribution < 1.29 is 18.7 Å². The zero-order valence-corrected chi connectivity index (χ0v) is 21.8. The Morgan fingerprint density at radius 1 is 0.947 bits per heavy atom. The summed E-state index contributed by atoms with van der Waals surface area (Å²) in [6.45, 7) is 2.85. The third-order valence-corrected chi connectivity index (χ3v) is 6.73. The topological polar surface area (TPSA) is 72.7 Å². The van der Waals surface area contributed by atoms with Crippen LogP contribution in [0.3, 0.4) is 0 Å². The van der Waals surface area contributed by atoms with Gasteiger partial charge in [-0.1, -0.05) is 66.2 Å². The van der Waals surface area contributed by atoms with Gasteiger partial charge in [0.15, 0.2) is 17.3 Å². The number of halogens is 1. The molecule has 194 valence electrons. The van der Waals surface area contributed by atoms with Gasteiger partial charge in [0.1, 0.15) is 5.76 Å². The van der Waals surface area contributed by atoms with E-state index in [0.29, 0.717) is 29.4 Å². The first-order valence-corrected chi connectivity index (χ1v) is 12.9. The van der Waals surface area contributed by atoms with E-state index in [2.05, 4.69) is 17.6 Å². The molecule has 0 radical (unpaired) electrons. The minimum absolute atomic E-state index is 0.0156. The van der Waals surface area contributed by atoms with Crippen LogP contribution < -0.4 is 20.1 Å². The lowest BCUT2D eigenvalue weighted by atomic mass is 9.88. The molecular weight excluding hydrogens is 500 g/mol. The molecule has 6 nitrogen and oxygen atoms in total. The van der Waals surface area contributed by atoms with E-state index in [4.69, 9.17) is 25.5 Å². The molecule has 2 N–H and O–H groups in total. The van der Waals surface area contributed by atoms with Gasteiger partial charge in [-0.25, -0.2) is 0 Å². The van der Waals surface area contributed by atoms with Crippen molar-refractivity contribution in [2.24, 2.45) is 0 Å². The standard InChI is InChI=1S/C31H29ClN2O4/c1-21(33-19-24(32)16-22-8-4-2-5-9-22)27(23-12-14-28-30(17-23)37-20-36-28)18-26-13-15-29(38-26)31(35)34-25-10-6-3-7-11-25/h2-17,21,27,33H,18-20H2,1H3,(H,34,35). The molecule has 0 bridgehead atoms. The second-order valence-electron chi connectivity index (χ2n) is 9.18. The van der Waals surface area contributed by atoms with Crippen LogP contribution in [0.2, 0.25) is 0 Å². The normalized spacial score (nSPS) is 14.2. The van der Waals surface area contributed by atoms with Gasteiger partial charge in [-0.3, -0.25) is 4.79 Å². The molecule has 1 aliphatic rings. The van der Waals surface area contributed by atoms with Crippen molar-refractivity contribution in [2.45, 2.75) is 25.3 Å². The first-order chi connectivity index (χ1) is 18.5. The fourth-order valence-corrected chi connectivity index (χ4v) is 4.65. The summed E-state index contributed by atoms with van der Waals surface area (Å²) in [5.74, 6) is 2.17. The zero-order chi connectivity index (χ0) is 26.3. The summed E-state index contributed by atoms with van der Waals surface area (Å²) in [6, 6.07) is 28.9. The Labute approximate surface area is 227 Å². The second-order valence-corrected chi connectivity index (χ2v) is 9.67. The summed E-state index contributed by atoms with van der Waals surface area (Å²) < 4.78 is 17.1. The van der Waals surface area contributed by atoms with Crippen molar-refractivity contribution in [3.8, 4) is 11.5 Å². The monoisotopic (exact) mass is 528 g/mol. The SMILES string of the molecule is CC(NCC(Cl)=Cc1ccccc1)C(Cc1ccc(C(=O)Nc2ccccc2)o1)c1ccc2c(c1)OCO2. The van der Waals surface area contributed by atoms with Gasteiger partial charge in [0.25, 0.3) is 5.91 Å². The maximum Gasteiger partial charge on any atom is 0.291 e. The maximum absolute atomic E-state index is 12.7. The van der Waals surface area contributed by atoms with Crippen LogP contribution in [0.5, 0.6) is 11.5 Å². The fraction of sp³-hybridized carbons (Fsp3) is 0.194. The number of carbonyl (C=O) groups excluding carboxylic acids is 1. The van der Waals surface area contributed by atoms with Gasteiger partial charge in [-0.05, 0) is 60.5 Å². The molecule has 38 heavy (non-hydrogen) atoms. The fourth-order valence-electron chi connectivity index (χ4n) is 4.45. The lowest BCUT2D eigenvalue weighted by Crippen LogP contribution is -2.34. The second kappa shape index (κ2) is 12.0. The molecule has 2 atom stereocenters. The summed E-state index contributed by atoms with van der Waals surface area (Å²) in [7, 11) is 0. The van der Waals surface area contributed by atoms with Gasteiger partial charge in [-0.15, -0.1) is 0 Å². The zero-order valence-electron chi connectivity index (χ0n) is 21.0. The Hall–Kier alpha value is -4.00. The third kappa shape index (κ3) is 6.46. The number of hydrogen-bond acceptors (Lipinski definition) is 5. The number of furan rings is 1. The summed E-state index contributed by atoms with van der Waals surface area (Å²) in [4.78, 5) is 12.7. The van der Waals surface area contributed by atoms with Crippen LogP contribution in [0.4, 0.5) is 5.69 Å². The van der Waals surface area contributed by atoms with E-state index in [9.17, 15) is 4.79 Å². The summed E-state index contributed by atoms with van der Waals surface area (Å²) in [5, 5.41) is 7.14. The van der Waals surface area contributed by atoms with Crippen molar-refractivity contribution in [3.63, 3.8) is 0 Å². The van der Waals surface area contributed by atoms with Crippen LogP contribution in [-0.2, 0) is 6.42 Å². The maximum atomic E-state index is 12.7. The van der Waals surface area contributed by atoms with Gasteiger partial charge in [0, 0.05) is 35.6 Å². The molecule has 3 aromatic carbocycles. The molecule has 1 amide bonds. The molecule has 4 aromatic rings. The van der Waals surface area contributed by atoms with E-state index in [-0.39, 0.29) is 30.4 Å². The molecule has 1 aliphatic heterocycles. The van der Waals surface area contributed by atoms with Crippen molar-refractivity contribution >= 4 is 29.3 Å². The van der Waals surface area contributed by atoms with E-state index in [1.807, 2.05) is 91.0 Å².